The van der Waals surface area contributed by atoms with E-state index in [1.807, 2.05) is 18.2 Å². The zero-order valence-electron chi connectivity index (χ0n) is 6.88. The van der Waals surface area contributed by atoms with Crippen molar-refractivity contribution < 1.29 is 0 Å². The lowest BCUT2D eigenvalue weighted by molar-refractivity contribution is 0.946. The molecule has 1 rings (SSSR count). The Morgan fingerprint density at radius 3 is 3.08 bits per heavy atom. The molecule has 1 heterocycles. The molecule has 0 aromatic rings. The normalized spacial score (nSPS) is 25.3. The van der Waals surface area contributed by atoms with Crippen LogP contribution in [0.15, 0.2) is 48.7 Å². The number of rotatable bonds is 1. The van der Waals surface area contributed by atoms with E-state index in [9.17, 15) is 0 Å². The van der Waals surface area contributed by atoms with E-state index in [2.05, 4.69) is 11.9 Å². The smallest absolute Gasteiger partial charge is 0.0771 e. The van der Waals surface area contributed by atoms with Gasteiger partial charge in [-0.1, -0.05) is 30.9 Å². The Hall–Kier alpha value is -1.57. The van der Waals surface area contributed by atoms with Crippen LogP contribution in [0.25, 0.3) is 0 Å². The van der Waals surface area contributed by atoms with Crippen LogP contribution in [-0.4, -0.2) is 12.3 Å². The second-order valence-electron chi connectivity index (χ2n) is 2.40. The van der Waals surface area contributed by atoms with Crippen LogP contribution in [0, 0.1) is 5.41 Å². The topological polar surface area (TPSA) is 35.9 Å². The first-order chi connectivity index (χ1) is 5.84. The van der Waals surface area contributed by atoms with Crippen LogP contribution in [0.2, 0.25) is 0 Å². The van der Waals surface area contributed by atoms with Crippen molar-refractivity contribution in [3.05, 3.63) is 48.7 Å². The van der Waals surface area contributed by atoms with Gasteiger partial charge in [0.2, 0.25) is 0 Å². The van der Waals surface area contributed by atoms with Crippen molar-refractivity contribution in [2.24, 2.45) is 0 Å². The van der Waals surface area contributed by atoms with Crippen molar-refractivity contribution in [2.75, 3.05) is 6.54 Å². The first-order valence-corrected chi connectivity index (χ1v) is 3.83. The third-order valence-corrected chi connectivity index (χ3v) is 1.50. The first-order valence-electron chi connectivity index (χ1n) is 3.83. The van der Waals surface area contributed by atoms with Gasteiger partial charge in [-0.05, 0) is 12.2 Å². The third-order valence-electron chi connectivity index (χ3n) is 1.50. The summed E-state index contributed by atoms with van der Waals surface area (Å²) in [6.45, 7) is 4.34. The van der Waals surface area contributed by atoms with Crippen molar-refractivity contribution in [1.82, 2.24) is 5.32 Å². The molecule has 1 aliphatic rings. The zero-order chi connectivity index (χ0) is 8.81. The Balaban J connectivity index is 2.83. The lowest BCUT2D eigenvalue weighted by atomic mass is 10.2. The molecular weight excluding hydrogens is 148 g/mol. The van der Waals surface area contributed by atoms with Gasteiger partial charge in [-0.25, -0.2) is 0 Å². The Kier molecular flexibility index (Phi) is 3.08. The van der Waals surface area contributed by atoms with Gasteiger partial charge in [0, 0.05) is 6.54 Å². The van der Waals surface area contributed by atoms with Crippen molar-refractivity contribution in [3.63, 3.8) is 0 Å². The van der Waals surface area contributed by atoms with Gasteiger partial charge in [0.05, 0.1) is 11.4 Å². The van der Waals surface area contributed by atoms with E-state index < -0.39 is 0 Å². The molecule has 0 bridgehead atoms. The van der Waals surface area contributed by atoms with Crippen LogP contribution < -0.4 is 5.32 Å². The second kappa shape index (κ2) is 4.34. The lowest BCUT2D eigenvalue weighted by Crippen LogP contribution is -2.19. The average molecular weight is 160 g/mol. The van der Waals surface area contributed by atoms with Crippen molar-refractivity contribution in [2.45, 2.75) is 0 Å². The van der Waals surface area contributed by atoms with E-state index in [0.717, 1.165) is 12.2 Å². The van der Waals surface area contributed by atoms with Crippen LogP contribution in [0.3, 0.4) is 0 Å². The fourth-order valence-corrected chi connectivity index (χ4v) is 0.919. The molecule has 0 spiro atoms. The summed E-state index contributed by atoms with van der Waals surface area (Å²) in [6, 6.07) is 0. The summed E-state index contributed by atoms with van der Waals surface area (Å²) >= 11 is 0. The van der Waals surface area contributed by atoms with Crippen LogP contribution >= 0.6 is 0 Å². The van der Waals surface area contributed by atoms with Crippen LogP contribution in [-0.2, 0) is 0 Å². The van der Waals surface area contributed by atoms with Crippen molar-refractivity contribution >= 4 is 5.71 Å². The molecule has 0 aromatic carbocycles. The molecule has 0 fully saturated rings. The van der Waals surface area contributed by atoms with Crippen LogP contribution in [0.1, 0.15) is 0 Å². The molecule has 0 amide bonds. The summed E-state index contributed by atoms with van der Waals surface area (Å²) in [5.74, 6) is 0. The standard InChI is InChI=1S/C10H12N2/c1-2-6-10-9(11)7-4-3-5-8-12-10/h2-7,11-12H,1,8H2/b5-3-,7-4-,10-6-,11-9?. The minimum Gasteiger partial charge on any atom is -0.380 e. The highest BCUT2D eigenvalue weighted by atomic mass is 14.9. The molecule has 2 N–H and O–H groups in total. The maximum atomic E-state index is 7.59. The quantitative estimate of drug-likeness (QED) is 0.602. The largest absolute Gasteiger partial charge is 0.380 e. The molecule has 1 aliphatic heterocycles. The van der Waals surface area contributed by atoms with Gasteiger partial charge in [0.15, 0.2) is 0 Å². The molecule has 0 aromatic heterocycles. The molecule has 0 saturated heterocycles. The van der Waals surface area contributed by atoms with Gasteiger partial charge in [-0.15, -0.1) is 0 Å². The Bertz CT molecular complexity index is 270. The Labute approximate surface area is 72.5 Å². The van der Waals surface area contributed by atoms with Gasteiger partial charge in [0.25, 0.3) is 0 Å². The molecule has 2 heteroatoms. The summed E-state index contributed by atoms with van der Waals surface area (Å²) in [5.41, 5.74) is 1.30. The fourth-order valence-electron chi connectivity index (χ4n) is 0.919. The molecule has 0 radical (unpaired) electrons. The number of nitrogens with one attached hydrogen (secondary N) is 2. The van der Waals surface area contributed by atoms with Gasteiger partial charge < -0.3 is 5.32 Å². The predicted octanol–water partition coefficient (Wildman–Crippen LogP) is 1.79. The summed E-state index contributed by atoms with van der Waals surface area (Å²) in [7, 11) is 0. The van der Waals surface area contributed by atoms with E-state index in [-0.39, 0.29) is 0 Å². The Morgan fingerprint density at radius 1 is 1.50 bits per heavy atom. The molecule has 0 aliphatic carbocycles. The Morgan fingerprint density at radius 2 is 2.33 bits per heavy atom. The average Bonchev–Trinajstić information content (AvgIpc) is 2.05. The highest BCUT2D eigenvalue weighted by molar-refractivity contribution is 6.06. The maximum Gasteiger partial charge on any atom is 0.0771 e. The first kappa shape index (κ1) is 8.53. The van der Waals surface area contributed by atoms with Crippen LogP contribution in [0.4, 0.5) is 0 Å². The van der Waals surface area contributed by atoms with E-state index >= 15 is 0 Å². The zero-order valence-corrected chi connectivity index (χ0v) is 6.88. The van der Waals surface area contributed by atoms with Gasteiger partial charge >= 0.3 is 0 Å². The molecule has 0 unspecified atom stereocenters. The predicted molar refractivity (Wildman–Crippen MR) is 52.3 cm³/mol. The van der Waals surface area contributed by atoms with E-state index in [1.165, 1.54) is 0 Å². The molecule has 0 atom stereocenters. The SMILES string of the molecule is C=C/C=C1\NC/C=C\C=C/C1=N. The van der Waals surface area contributed by atoms with Crippen molar-refractivity contribution in [1.29, 1.82) is 5.41 Å². The maximum absolute atomic E-state index is 7.59. The second-order valence-corrected chi connectivity index (χ2v) is 2.40. The van der Waals surface area contributed by atoms with E-state index in [0.29, 0.717) is 5.71 Å². The minimum absolute atomic E-state index is 0.485. The third kappa shape index (κ3) is 2.23. The highest BCUT2D eigenvalue weighted by Crippen LogP contribution is 1.97. The van der Waals surface area contributed by atoms with Crippen molar-refractivity contribution in [3.8, 4) is 0 Å². The molecule has 0 saturated carbocycles. The summed E-state index contributed by atoms with van der Waals surface area (Å²) in [5, 5.41) is 10.7. The van der Waals surface area contributed by atoms with E-state index in [4.69, 9.17) is 5.41 Å². The van der Waals surface area contributed by atoms with E-state index in [1.54, 1.807) is 18.2 Å². The minimum atomic E-state index is 0.485. The molecule has 12 heavy (non-hydrogen) atoms. The number of allylic oxidation sites excluding steroid dienone is 5. The van der Waals surface area contributed by atoms with Gasteiger partial charge in [-0.3, -0.25) is 5.41 Å². The van der Waals surface area contributed by atoms with Gasteiger partial charge in [-0.2, -0.15) is 0 Å². The number of hydrogen-bond acceptors (Lipinski definition) is 2. The molecule has 62 valence electrons. The summed E-state index contributed by atoms with van der Waals surface area (Å²) in [6.07, 6.45) is 11.0. The van der Waals surface area contributed by atoms with Gasteiger partial charge in [0.1, 0.15) is 0 Å². The molecule has 2 nitrogen and oxygen atoms in total. The summed E-state index contributed by atoms with van der Waals surface area (Å²) < 4.78 is 0. The molecular formula is C10H12N2. The van der Waals surface area contributed by atoms with Crippen LogP contribution in [0.5, 0.6) is 0 Å². The fraction of sp³-hybridized carbons (Fsp3) is 0.100. The number of hydrogen-bond donors (Lipinski definition) is 2. The highest BCUT2D eigenvalue weighted by Gasteiger charge is 1.99. The monoisotopic (exact) mass is 160 g/mol. The summed E-state index contributed by atoms with van der Waals surface area (Å²) in [4.78, 5) is 0. The lowest BCUT2D eigenvalue weighted by Gasteiger charge is -2.08.